The van der Waals surface area contributed by atoms with Crippen LogP contribution < -0.4 is 5.32 Å². The van der Waals surface area contributed by atoms with Crippen LogP contribution in [0, 0.1) is 10.1 Å². The van der Waals surface area contributed by atoms with Gasteiger partial charge < -0.3 is 9.73 Å². The lowest BCUT2D eigenvalue weighted by molar-refractivity contribution is -0.402. The number of furan rings is 1. The predicted octanol–water partition coefficient (Wildman–Crippen LogP) is 2.95. The maximum Gasteiger partial charge on any atom is 0.433 e. The molecule has 2 rings (SSSR count). The van der Waals surface area contributed by atoms with Crippen molar-refractivity contribution in [2.45, 2.75) is 12.8 Å². The summed E-state index contributed by atoms with van der Waals surface area (Å²) in [6.07, 6.45) is 4.44. The second-order valence-electron chi connectivity index (χ2n) is 4.65. The summed E-state index contributed by atoms with van der Waals surface area (Å²) in [6, 6.07) is 12.7. The summed E-state index contributed by atoms with van der Waals surface area (Å²) in [5.74, 6) is -0.332. The van der Waals surface area contributed by atoms with E-state index < -0.39 is 4.92 Å². The van der Waals surface area contributed by atoms with Crippen LogP contribution in [0.25, 0.3) is 6.08 Å². The number of hydrogen-bond acceptors (Lipinski definition) is 4. The van der Waals surface area contributed by atoms with Gasteiger partial charge in [0.15, 0.2) is 0 Å². The van der Waals surface area contributed by atoms with Crippen LogP contribution in [0.4, 0.5) is 5.88 Å². The number of nitrogens with one attached hydrogen (secondary N) is 1. The minimum absolute atomic E-state index is 0.257. The van der Waals surface area contributed by atoms with E-state index in [1.807, 2.05) is 30.3 Å². The highest BCUT2D eigenvalue weighted by atomic mass is 16.6. The van der Waals surface area contributed by atoms with Gasteiger partial charge in [-0.1, -0.05) is 30.3 Å². The molecule has 0 fully saturated rings. The molecule has 1 aromatic carbocycles. The van der Waals surface area contributed by atoms with Gasteiger partial charge in [0.1, 0.15) is 10.7 Å². The fourth-order valence-corrected chi connectivity index (χ4v) is 1.90. The average molecular weight is 300 g/mol. The third-order valence-corrected chi connectivity index (χ3v) is 2.98. The van der Waals surface area contributed by atoms with Crippen molar-refractivity contribution in [2.75, 3.05) is 6.54 Å². The molecule has 1 N–H and O–H groups in total. The number of amides is 1. The van der Waals surface area contributed by atoms with Crippen LogP contribution >= 0.6 is 0 Å². The summed E-state index contributed by atoms with van der Waals surface area (Å²) in [5.41, 5.74) is 1.23. The zero-order valence-electron chi connectivity index (χ0n) is 11.9. The third-order valence-electron chi connectivity index (χ3n) is 2.98. The molecule has 0 aliphatic carbocycles. The van der Waals surface area contributed by atoms with Gasteiger partial charge in [-0.2, -0.15) is 0 Å². The molecular weight excluding hydrogens is 284 g/mol. The van der Waals surface area contributed by atoms with Crippen molar-refractivity contribution < 1.29 is 14.1 Å². The molecule has 114 valence electrons. The maximum absolute atomic E-state index is 11.6. The fraction of sp³-hybridized carbons (Fsp3) is 0.188. The van der Waals surface area contributed by atoms with E-state index in [2.05, 4.69) is 5.32 Å². The SMILES string of the molecule is O=C(/C=C/c1ccc([N+](=O)[O-])o1)NCCCc1ccccc1. The number of benzene rings is 1. The van der Waals surface area contributed by atoms with Gasteiger partial charge in [0.05, 0.1) is 6.07 Å². The lowest BCUT2D eigenvalue weighted by atomic mass is 10.1. The second-order valence-corrected chi connectivity index (χ2v) is 4.65. The first-order chi connectivity index (χ1) is 10.6. The molecule has 0 aliphatic heterocycles. The van der Waals surface area contributed by atoms with E-state index in [9.17, 15) is 14.9 Å². The number of carbonyl (C=O) groups excluding carboxylic acids is 1. The fourth-order valence-electron chi connectivity index (χ4n) is 1.90. The van der Waals surface area contributed by atoms with Gasteiger partial charge in [-0.15, -0.1) is 0 Å². The molecule has 0 radical (unpaired) electrons. The number of carbonyl (C=O) groups is 1. The summed E-state index contributed by atoms with van der Waals surface area (Å²) in [6.45, 7) is 0.566. The molecular formula is C16H16N2O4. The van der Waals surface area contributed by atoms with E-state index in [1.54, 1.807) is 0 Å². The van der Waals surface area contributed by atoms with Crippen LogP contribution in [-0.2, 0) is 11.2 Å². The van der Waals surface area contributed by atoms with Crippen LogP contribution in [0.5, 0.6) is 0 Å². The second kappa shape index (κ2) is 7.78. The standard InChI is InChI=1S/C16H16N2O4/c19-15(10-8-14-9-11-16(22-14)18(20)21)17-12-4-7-13-5-2-1-3-6-13/h1-3,5-6,8-11H,4,7,12H2,(H,17,19)/b10-8+. The van der Waals surface area contributed by atoms with Gasteiger partial charge in [-0.05, 0) is 30.5 Å². The quantitative estimate of drug-likeness (QED) is 0.369. The van der Waals surface area contributed by atoms with E-state index in [-0.39, 0.29) is 17.6 Å². The number of hydrogen-bond donors (Lipinski definition) is 1. The topological polar surface area (TPSA) is 85.4 Å². The van der Waals surface area contributed by atoms with Crippen molar-refractivity contribution >= 4 is 17.9 Å². The molecule has 0 saturated carbocycles. The number of nitro groups is 1. The van der Waals surface area contributed by atoms with E-state index in [1.165, 1.54) is 29.8 Å². The normalized spacial score (nSPS) is 10.7. The Labute approximate surface area is 127 Å². The molecule has 0 aliphatic rings. The van der Waals surface area contributed by atoms with Gasteiger partial charge in [-0.25, -0.2) is 0 Å². The van der Waals surface area contributed by atoms with E-state index in [0.29, 0.717) is 6.54 Å². The molecule has 0 unspecified atom stereocenters. The Kier molecular flexibility index (Phi) is 5.48. The zero-order chi connectivity index (χ0) is 15.8. The highest BCUT2D eigenvalue weighted by Gasteiger charge is 2.09. The Morgan fingerprint density at radius 1 is 1.23 bits per heavy atom. The molecule has 2 aromatic rings. The lowest BCUT2D eigenvalue weighted by Crippen LogP contribution is -2.22. The average Bonchev–Trinajstić information content (AvgIpc) is 3.00. The van der Waals surface area contributed by atoms with Crippen LogP contribution in [0.2, 0.25) is 0 Å². The maximum atomic E-state index is 11.6. The lowest BCUT2D eigenvalue weighted by Gasteiger charge is -2.02. The Morgan fingerprint density at radius 3 is 2.68 bits per heavy atom. The van der Waals surface area contributed by atoms with Crippen molar-refractivity contribution in [1.29, 1.82) is 0 Å². The summed E-state index contributed by atoms with van der Waals surface area (Å²) in [4.78, 5) is 21.4. The molecule has 1 aromatic heterocycles. The van der Waals surface area contributed by atoms with Crippen LogP contribution in [-0.4, -0.2) is 17.4 Å². The van der Waals surface area contributed by atoms with Gasteiger partial charge >= 0.3 is 5.88 Å². The van der Waals surface area contributed by atoms with E-state index in [4.69, 9.17) is 4.42 Å². The van der Waals surface area contributed by atoms with Crippen molar-refractivity contribution in [3.63, 3.8) is 0 Å². The number of rotatable bonds is 7. The predicted molar refractivity (Wildman–Crippen MR) is 82.2 cm³/mol. The first kappa shape index (κ1) is 15.5. The van der Waals surface area contributed by atoms with Crippen molar-refractivity contribution in [3.05, 3.63) is 70.0 Å². The molecule has 6 heteroatoms. The van der Waals surface area contributed by atoms with Gasteiger partial charge in [0.25, 0.3) is 0 Å². The van der Waals surface area contributed by atoms with E-state index in [0.717, 1.165) is 12.8 Å². The molecule has 0 bridgehead atoms. The van der Waals surface area contributed by atoms with Crippen LogP contribution in [0.15, 0.2) is 53.0 Å². The van der Waals surface area contributed by atoms with Crippen molar-refractivity contribution in [3.8, 4) is 0 Å². The first-order valence-electron chi connectivity index (χ1n) is 6.89. The summed E-state index contributed by atoms with van der Waals surface area (Å²) >= 11 is 0. The van der Waals surface area contributed by atoms with Gasteiger partial charge in [-0.3, -0.25) is 14.9 Å². The highest BCUT2D eigenvalue weighted by Crippen LogP contribution is 2.16. The Bertz CT molecular complexity index is 662. The molecule has 6 nitrogen and oxygen atoms in total. The van der Waals surface area contributed by atoms with Gasteiger partial charge in [0.2, 0.25) is 5.91 Å². The molecule has 1 heterocycles. The summed E-state index contributed by atoms with van der Waals surface area (Å²) in [5, 5.41) is 13.2. The van der Waals surface area contributed by atoms with Crippen molar-refractivity contribution in [2.24, 2.45) is 0 Å². The molecule has 0 spiro atoms. The monoisotopic (exact) mass is 300 g/mol. The molecule has 0 saturated heterocycles. The molecule has 1 amide bonds. The smallest absolute Gasteiger partial charge is 0.401 e. The first-order valence-corrected chi connectivity index (χ1v) is 6.89. The zero-order valence-corrected chi connectivity index (χ0v) is 11.9. The minimum Gasteiger partial charge on any atom is -0.401 e. The summed E-state index contributed by atoms with van der Waals surface area (Å²) < 4.78 is 4.91. The van der Waals surface area contributed by atoms with Crippen molar-refractivity contribution in [1.82, 2.24) is 5.32 Å². The van der Waals surface area contributed by atoms with Crippen LogP contribution in [0.1, 0.15) is 17.7 Å². The van der Waals surface area contributed by atoms with E-state index >= 15 is 0 Å². The Hall–Kier alpha value is -2.89. The largest absolute Gasteiger partial charge is 0.433 e. The number of aryl methyl sites for hydroxylation is 1. The Morgan fingerprint density at radius 2 is 2.00 bits per heavy atom. The molecule has 22 heavy (non-hydrogen) atoms. The minimum atomic E-state index is -0.624. The van der Waals surface area contributed by atoms with Crippen LogP contribution in [0.3, 0.4) is 0 Å². The Balaban J connectivity index is 1.71. The number of nitrogens with zero attached hydrogens (tertiary/aromatic N) is 1. The third kappa shape index (κ3) is 4.90. The highest BCUT2D eigenvalue weighted by molar-refractivity contribution is 5.91. The summed E-state index contributed by atoms with van der Waals surface area (Å²) in [7, 11) is 0. The molecule has 0 atom stereocenters. The van der Waals surface area contributed by atoms with Gasteiger partial charge in [0, 0.05) is 12.6 Å².